The Morgan fingerprint density at radius 1 is 1.31 bits per heavy atom. The summed E-state index contributed by atoms with van der Waals surface area (Å²) in [5.74, 6) is 0.832. The summed E-state index contributed by atoms with van der Waals surface area (Å²) in [4.78, 5) is 2.50. The minimum atomic E-state index is 0.800. The molecule has 0 spiro atoms. The van der Waals surface area contributed by atoms with Gasteiger partial charge in [-0.05, 0) is 38.9 Å². The van der Waals surface area contributed by atoms with E-state index >= 15 is 0 Å². The summed E-state index contributed by atoms with van der Waals surface area (Å²) in [5.41, 5.74) is 0. The number of nitrogens with one attached hydrogen (secondary N) is 1. The SMILES string of the molecule is CNCC1CCN(CCOCCCOC)C1. The van der Waals surface area contributed by atoms with Crippen LogP contribution in [0.2, 0.25) is 0 Å². The maximum Gasteiger partial charge on any atom is 0.0593 e. The van der Waals surface area contributed by atoms with Crippen molar-refractivity contribution >= 4 is 0 Å². The Morgan fingerprint density at radius 3 is 2.94 bits per heavy atom. The van der Waals surface area contributed by atoms with Crippen molar-refractivity contribution < 1.29 is 9.47 Å². The Balaban J connectivity index is 1.90. The topological polar surface area (TPSA) is 33.7 Å². The van der Waals surface area contributed by atoms with Gasteiger partial charge in [0.25, 0.3) is 0 Å². The lowest BCUT2D eigenvalue weighted by Gasteiger charge is -2.15. The van der Waals surface area contributed by atoms with E-state index in [0.29, 0.717) is 0 Å². The molecular formula is C12H26N2O2. The Hall–Kier alpha value is -0.160. The Bertz CT molecular complexity index is 167. The highest BCUT2D eigenvalue weighted by Crippen LogP contribution is 2.14. The van der Waals surface area contributed by atoms with Gasteiger partial charge >= 0.3 is 0 Å². The molecular weight excluding hydrogens is 204 g/mol. The average molecular weight is 230 g/mol. The molecule has 1 unspecified atom stereocenters. The van der Waals surface area contributed by atoms with Crippen molar-refractivity contribution in [3.05, 3.63) is 0 Å². The van der Waals surface area contributed by atoms with Gasteiger partial charge in [0.05, 0.1) is 6.61 Å². The Morgan fingerprint density at radius 2 is 2.19 bits per heavy atom. The van der Waals surface area contributed by atoms with Gasteiger partial charge in [-0.2, -0.15) is 0 Å². The van der Waals surface area contributed by atoms with E-state index in [1.165, 1.54) is 19.5 Å². The van der Waals surface area contributed by atoms with E-state index in [-0.39, 0.29) is 0 Å². The second-order valence-electron chi connectivity index (χ2n) is 4.47. The first-order valence-electron chi connectivity index (χ1n) is 6.30. The summed E-state index contributed by atoms with van der Waals surface area (Å²) in [5, 5.41) is 3.25. The number of nitrogens with zero attached hydrogens (tertiary/aromatic N) is 1. The van der Waals surface area contributed by atoms with Crippen LogP contribution in [0.1, 0.15) is 12.8 Å². The van der Waals surface area contributed by atoms with Crippen molar-refractivity contribution in [3.8, 4) is 0 Å². The van der Waals surface area contributed by atoms with Crippen molar-refractivity contribution in [3.63, 3.8) is 0 Å². The van der Waals surface area contributed by atoms with Crippen LogP contribution >= 0.6 is 0 Å². The van der Waals surface area contributed by atoms with Crippen LogP contribution < -0.4 is 5.32 Å². The lowest BCUT2D eigenvalue weighted by molar-refractivity contribution is 0.0878. The molecule has 0 aromatic heterocycles. The lowest BCUT2D eigenvalue weighted by Crippen LogP contribution is -2.27. The highest BCUT2D eigenvalue weighted by atomic mass is 16.5. The molecule has 0 amide bonds. The Kier molecular flexibility index (Phi) is 7.76. The van der Waals surface area contributed by atoms with E-state index in [1.54, 1.807) is 7.11 Å². The van der Waals surface area contributed by atoms with Gasteiger partial charge in [0, 0.05) is 33.4 Å². The van der Waals surface area contributed by atoms with Crippen LogP contribution in [0.5, 0.6) is 0 Å². The van der Waals surface area contributed by atoms with Crippen molar-refractivity contribution in [2.75, 3.05) is 60.2 Å². The first-order valence-corrected chi connectivity index (χ1v) is 6.30. The third-order valence-electron chi connectivity index (χ3n) is 3.05. The molecule has 1 N–H and O–H groups in total. The molecule has 0 bridgehead atoms. The van der Waals surface area contributed by atoms with Crippen molar-refractivity contribution in [1.82, 2.24) is 10.2 Å². The fraction of sp³-hybridized carbons (Fsp3) is 1.00. The zero-order valence-corrected chi connectivity index (χ0v) is 10.7. The minimum Gasteiger partial charge on any atom is -0.385 e. The molecule has 16 heavy (non-hydrogen) atoms. The first kappa shape index (κ1) is 13.9. The highest BCUT2D eigenvalue weighted by molar-refractivity contribution is 4.76. The largest absolute Gasteiger partial charge is 0.385 e. The maximum atomic E-state index is 5.56. The molecule has 0 aromatic rings. The molecule has 0 aromatic carbocycles. The third-order valence-corrected chi connectivity index (χ3v) is 3.05. The third kappa shape index (κ3) is 5.80. The number of rotatable bonds is 9. The fourth-order valence-corrected chi connectivity index (χ4v) is 2.17. The molecule has 1 aliphatic rings. The highest BCUT2D eigenvalue weighted by Gasteiger charge is 2.20. The normalized spacial score (nSPS) is 21.8. The smallest absolute Gasteiger partial charge is 0.0593 e. The zero-order chi connectivity index (χ0) is 11.6. The van der Waals surface area contributed by atoms with E-state index in [9.17, 15) is 0 Å². The number of likely N-dealkylation sites (tertiary alicyclic amines) is 1. The standard InChI is InChI=1S/C12H26N2O2/c1-13-10-12-4-5-14(11-12)6-9-16-8-3-7-15-2/h12-13H,3-11H2,1-2H3. The van der Waals surface area contributed by atoms with E-state index in [0.717, 1.165) is 45.2 Å². The molecule has 1 atom stereocenters. The van der Waals surface area contributed by atoms with Gasteiger partial charge in [0.15, 0.2) is 0 Å². The van der Waals surface area contributed by atoms with Crippen LogP contribution in [0.3, 0.4) is 0 Å². The second-order valence-corrected chi connectivity index (χ2v) is 4.47. The molecule has 1 aliphatic heterocycles. The van der Waals surface area contributed by atoms with E-state index in [4.69, 9.17) is 9.47 Å². The monoisotopic (exact) mass is 230 g/mol. The molecule has 4 nitrogen and oxygen atoms in total. The fourth-order valence-electron chi connectivity index (χ4n) is 2.17. The number of hydrogen-bond acceptors (Lipinski definition) is 4. The van der Waals surface area contributed by atoms with Crippen LogP contribution in [-0.2, 0) is 9.47 Å². The number of methoxy groups -OCH3 is 1. The average Bonchev–Trinajstić information content (AvgIpc) is 2.72. The Labute approximate surface area is 99.3 Å². The number of hydrogen-bond donors (Lipinski definition) is 1. The first-order chi connectivity index (χ1) is 7.86. The van der Waals surface area contributed by atoms with Crippen LogP contribution in [-0.4, -0.2) is 65.1 Å². The lowest BCUT2D eigenvalue weighted by atomic mass is 10.1. The van der Waals surface area contributed by atoms with E-state index in [1.807, 2.05) is 7.05 Å². The summed E-state index contributed by atoms with van der Waals surface area (Å²) in [6.07, 6.45) is 2.32. The molecule has 0 aliphatic carbocycles. The van der Waals surface area contributed by atoms with Gasteiger partial charge in [-0.3, -0.25) is 0 Å². The van der Waals surface area contributed by atoms with Gasteiger partial charge in [0.1, 0.15) is 0 Å². The zero-order valence-electron chi connectivity index (χ0n) is 10.7. The summed E-state index contributed by atoms with van der Waals surface area (Å²) in [7, 11) is 3.76. The second kappa shape index (κ2) is 8.93. The molecule has 1 saturated heterocycles. The molecule has 1 rings (SSSR count). The molecule has 0 saturated carbocycles. The van der Waals surface area contributed by atoms with E-state index < -0.39 is 0 Å². The summed E-state index contributed by atoms with van der Waals surface area (Å²) in [6.45, 7) is 7.15. The summed E-state index contributed by atoms with van der Waals surface area (Å²) < 4.78 is 10.5. The maximum absolute atomic E-state index is 5.56. The van der Waals surface area contributed by atoms with Crippen molar-refractivity contribution in [1.29, 1.82) is 0 Å². The summed E-state index contributed by atoms with van der Waals surface area (Å²) >= 11 is 0. The van der Waals surface area contributed by atoms with E-state index in [2.05, 4.69) is 10.2 Å². The van der Waals surface area contributed by atoms with Gasteiger partial charge in [-0.1, -0.05) is 0 Å². The molecule has 1 heterocycles. The van der Waals surface area contributed by atoms with Gasteiger partial charge in [0.2, 0.25) is 0 Å². The molecule has 96 valence electrons. The van der Waals surface area contributed by atoms with Crippen molar-refractivity contribution in [2.45, 2.75) is 12.8 Å². The van der Waals surface area contributed by atoms with Crippen LogP contribution in [0.25, 0.3) is 0 Å². The van der Waals surface area contributed by atoms with Gasteiger partial charge < -0.3 is 19.7 Å². The van der Waals surface area contributed by atoms with Crippen LogP contribution in [0.15, 0.2) is 0 Å². The van der Waals surface area contributed by atoms with Crippen molar-refractivity contribution in [2.24, 2.45) is 5.92 Å². The predicted molar refractivity (Wildman–Crippen MR) is 65.8 cm³/mol. The van der Waals surface area contributed by atoms with Crippen LogP contribution in [0.4, 0.5) is 0 Å². The minimum absolute atomic E-state index is 0.800. The van der Waals surface area contributed by atoms with Crippen LogP contribution in [0, 0.1) is 5.92 Å². The molecule has 4 heteroatoms. The summed E-state index contributed by atoms with van der Waals surface area (Å²) in [6, 6.07) is 0. The predicted octanol–water partition coefficient (Wildman–Crippen LogP) is 0.581. The quantitative estimate of drug-likeness (QED) is 0.588. The molecule has 1 fully saturated rings. The molecule has 0 radical (unpaired) electrons. The van der Waals surface area contributed by atoms with Gasteiger partial charge in [-0.25, -0.2) is 0 Å². The number of ether oxygens (including phenoxy) is 2. The van der Waals surface area contributed by atoms with Gasteiger partial charge in [-0.15, -0.1) is 0 Å².